The maximum atomic E-state index is 12.4. The van der Waals surface area contributed by atoms with E-state index in [2.05, 4.69) is 10.6 Å². The molecule has 0 saturated heterocycles. The van der Waals surface area contributed by atoms with Gasteiger partial charge in [0.05, 0.1) is 19.2 Å². The minimum Gasteiger partial charge on any atom is -0.466 e. The first-order valence-corrected chi connectivity index (χ1v) is 7.62. The predicted octanol–water partition coefficient (Wildman–Crippen LogP) is 2.29. The van der Waals surface area contributed by atoms with Crippen LogP contribution in [0.5, 0.6) is 0 Å². The standard InChI is InChI=1S/C17H21N3O4/c1-11-6-7-14(9-15(11)18-12(2)21)19-17(23)20-8-4-5-13(10-20)16(22)24-3/h5-7,9H,4,8,10H2,1-3H3,(H,18,21)(H,19,23). The van der Waals surface area contributed by atoms with E-state index in [0.717, 1.165) is 5.56 Å². The monoisotopic (exact) mass is 331 g/mol. The summed E-state index contributed by atoms with van der Waals surface area (Å²) in [5.41, 5.74) is 2.59. The van der Waals surface area contributed by atoms with Gasteiger partial charge in [-0.15, -0.1) is 0 Å². The molecule has 0 fully saturated rings. The van der Waals surface area contributed by atoms with Gasteiger partial charge in [-0.05, 0) is 31.0 Å². The number of esters is 1. The minimum atomic E-state index is -0.421. The van der Waals surface area contributed by atoms with Crippen molar-refractivity contribution < 1.29 is 19.1 Å². The van der Waals surface area contributed by atoms with Crippen LogP contribution in [0.15, 0.2) is 29.8 Å². The third kappa shape index (κ3) is 4.34. The minimum absolute atomic E-state index is 0.175. The van der Waals surface area contributed by atoms with Crippen molar-refractivity contribution >= 4 is 29.3 Å². The van der Waals surface area contributed by atoms with Crippen LogP contribution < -0.4 is 10.6 Å². The molecule has 0 bridgehead atoms. The molecular weight excluding hydrogens is 310 g/mol. The number of ether oxygens (including phenoxy) is 1. The van der Waals surface area contributed by atoms with E-state index in [9.17, 15) is 14.4 Å². The molecule has 7 heteroatoms. The van der Waals surface area contributed by atoms with Gasteiger partial charge in [0, 0.05) is 24.8 Å². The molecule has 128 valence electrons. The van der Waals surface area contributed by atoms with Gasteiger partial charge in [0.15, 0.2) is 0 Å². The number of nitrogens with one attached hydrogen (secondary N) is 2. The summed E-state index contributed by atoms with van der Waals surface area (Å²) in [6, 6.07) is 4.98. The van der Waals surface area contributed by atoms with E-state index in [1.165, 1.54) is 14.0 Å². The first kappa shape index (κ1) is 17.5. The molecule has 0 atom stereocenters. The summed E-state index contributed by atoms with van der Waals surface area (Å²) in [6.45, 7) is 4.04. The molecule has 1 aromatic rings. The summed E-state index contributed by atoms with van der Waals surface area (Å²) in [5, 5.41) is 5.51. The lowest BCUT2D eigenvalue weighted by Crippen LogP contribution is -2.40. The first-order valence-electron chi connectivity index (χ1n) is 7.62. The molecule has 1 aliphatic rings. The number of amides is 3. The summed E-state index contributed by atoms with van der Waals surface area (Å²) < 4.78 is 4.70. The molecule has 2 rings (SSSR count). The van der Waals surface area contributed by atoms with Gasteiger partial charge in [-0.25, -0.2) is 9.59 Å². The number of methoxy groups -OCH3 is 1. The van der Waals surface area contributed by atoms with Crippen LogP contribution in [0.4, 0.5) is 16.2 Å². The Kier molecular flexibility index (Phi) is 5.57. The molecule has 0 aliphatic carbocycles. The fraction of sp³-hybridized carbons (Fsp3) is 0.353. The van der Waals surface area contributed by atoms with Crippen LogP contribution in [-0.4, -0.2) is 43.0 Å². The number of hydrogen-bond donors (Lipinski definition) is 2. The maximum absolute atomic E-state index is 12.4. The van der Waals surface area contributed by atoms with Gasteiger partial charge in [-0.1, -0.05) is 12.1 Å². The number of aryl methyl sites for hydroxylation is 1. The molecule has 24 heavy (non-hydrogen) atoms. The number of hydrogen-bond acceptors (Lipinski definition) is 4. The summed E-state index contributed by atoms with van der Waals surface area (Å²) in [5.74, 6) is -0.596. The van der Waals surface area contributed by atoms with Crippen LogP contribution in [0.1, 0.15) is 18.9 Å². The van der Waals surface area contributed by atoms with Crippen molar-refractivity contribution in [3.05, 3.63) is 35.4 Å². The highest BCUT2D eigenvalue weighted by atomic mass is 16.5. The molecule has 2 N–H and O–H groups in total. The largest absolute Gasteiger partial charge is 0.466 e. The second-order valence-electron chi connectivity index (χ2n) is 5.57. The lowest BCUT2D eigenvalue weighted by Gasteiger charge is -2.26. The van der Waals surface area contributed by atoms with Crippen molar-refractivity contribution in [1.82, 2.24) is 4.90 Å². The highest BCUT2D eigenvalue weighted by molar-refractivity contribution is 5.95. The quantitative estimate of drug-likeness (QED) is 0.832. The third-order valence-corrected chi connectivity index (χ3v) is 3.69. The van der Waals surface area contributed by atoms with Gasteiger partial charge >= 0.3 is 12.0 Å². The van der Waals surface area contributed by atoms with Gasteiger partial charge in [0.1, 0.15) is 0 Å². The molecule has 3 amide bonds. The lowest BCUT2D eigenvalue weighted by molar-refractivity contribution is -0.136. The Labute approximate surface area is 140 Å². The maximum Gasteiger partial charge on any atom is 0.335 e. The Hall–Kier alpha value is -2.83. The van der Waals surface area contributed by atoms with E-state index in [1.54, 1.807) is 23.1 Å². The van der Waals surface area contributed by atoms with Crippen LogP contribution in [0.25, 0.3) is 0 Å². The van der Waals surface area contributed by atoms with Gasteiger partial charge in [0.25, 0.3) is 0 Å². The average molecular weight is 331 g/mol. The van der Waals surface area contributed by atoms with Crippen LogP contribution in [-0.2, 0) is 14.3 Å². The number of carbonyl (C=O) groups is 3. The second kappa shape index (κ2) is 7.63. The predicted molar refractivity (Wildman–Crippen MR) is 90.8 cm³/mol. The van der Waals surface area contributed by atoms with E-state index in [0.29, 0.717) is 29.9 Å². The van der Waals surface area contributed by atoms with Gasteiger partial charge in [-0.3, -0.25) is 4.79 Å². The Morgan fingerprint density at radius 3 is 2.62 bits per heavy atom. The Bertz CT molecular complexity index is 697. The molecular formula is C17H21N3O4. The second-order valence-corrected chi connectivity index (χ2v) is 5.57. The first-order chi connectivity index (χ1) is 11.4. The molecule has 1 aromatic carbocycles. The summed E-state index contributed by atoms with van der Waals surface area (Å²) in [6.07, 6.45) is 2.39. The van der Waals surface area contributed by atoms with E-state index in [1.807, 2.05) is 13.0 Å². The highest BCUT2D eigenvalue weighted by Gasteiger charge is 2.22. The van der Waals surface area contributed by atoms with Crippen molar-refractivity contribution in [2.45, 2.75) is 20.3 Å². The summed E-state index contributed by atoms with van der Waals surface area (Å²) in [7, 11) is 1.32. The van der Waals surface area contributed by atoms with Gasteiger partial charge < -0.3 is 20.3 Å². The van der Waals surface area contributed by atoms with Crippen LogP contribution in [0.3, 0.4) is 0 Å². The summed E-state index contributed by atoms with van der Waals surface area (Å²) >= 11 is 0. The number of carbonyl (C=O) groups excluding carboxylic acids is 3. The molecule has 0 radical (unpaired) electrons. The third-order valence-electron chi connectivity index (χ3n) is 3.69. The number of benzene rings is 1. The van der Waals surface area contributed by atoms with Crippen molar-refractivity contribution in [3.63, 3.8) is 0 Å². The number of anilines is 2. The molecule has 0 spiro atoms. The highest BCUT2D eigenvalue weighted by Crippen LogP contribution is 2.21. The Morgan fingerprint density at radius 2 is 1.96 bits per heavy atom. The number of nitrogens with zero attached hydrogens (tertiary/aromatic N) is 1. The van der Waals surface area contributed by atoms with Crippen molar-refractivity contribution in [3.8, 4) is 0 Å². The van der Waals surface area contributed by atoms with Crippen LogP contribution in [0, 0.1) is 6.92 Å². The zero-order valence-corrected chi connectivity index (χ0v) is 14.0. The van der Waals surface area contributed by atoms with Gasteiger partial charge in [-0.2, -0.15) is 0 Å². The van der Waals surface area contributed by atoms with Crippen LogP contribution in [0.2, 0.25) is 0 Å². The smallest absolute Gasteiger partial charge is 0.335 e. The molecule has 7 nitrogen and oxygen atoms in total. The topological polar surface area (TPSA) is 87.7 Å². The Balaban J connectivity index is 2.06. The Morgan fingerprint density at radius 1 is 1.21 bits per heavy atom. The SMILES string of the molecule is COC(=O)C1=CCCN(C(=O)Nc2ccc(C)c(NC(C)=O)c2)C1. The zero-order valence-electron chi connectivity index (χ0n) is 14.0. The van der Waals surface area contributed by atoms with E-state index in [-0.39, 0.29) is 18.5 Å². The lowest BCUT2D eigenvalue weighted by atomic mass is 10.1. The molecule has 0 unspecified atom stereocenters. The zero-order chi connectivity index (χ0) is 17.7. The summed E-state index contributed by atoms with van der Waals surface area (Å²) in [4.78, 5) is 36.7. The van der Waals surface area contributed by atoms with Crippen molar-refractivity contribution in [2.24, 2.45) is 0 Å². The van der Waals surface area contributed by atoms with E-state index >= 15 is 0 Å². The fourth-order valence-corrected chi connectivity index (χ4v) is 2.42. The molecule has 1 aliphatic heterocycles. The van der Waals surface area contributed by atoms with Crippen LogP contribution >= 0.6 is 0 Å². The molecule has 1 heterocycles. The fourth-order valence-electron chi connectivity index (χ4n) is 2.42. The number of urea groups is 1. The molecule has 0 aromatic heterocycles. The van der Waals surface area contributed by atoms with E-state index < -0.39 is 5.97 Å². The average Bonchev–Trinajstić information content (AvgIpc) is 2.56. The normalized spacial score (nSPS) is 13.8. The van der Waals surface area contributed by atoms with Crippen molar-refractivity contribution in [1.29, 1.82) is 0 Å². The number of rotatable bonds is 3. The van der Waals surface area contributed by atoms with E-state index in [4.69, 9.17) is 4.74 Å². The van der Waals surface area contributed by atoms with Gasteiger partial charge in [0.2, 0.25) is 5.91 Å². The van der Waals surface area contributed by atoms with Crippen molar-refractivity contribution in [2.75, 3.05) is 30.8 Å². The molecule has 0 saturated carbocycles.